The molecule has 3 atom stereocenters. The van der Waals surface area contributed by atoms with Gasteiger partial charge in [0.05, 0.1) is 24.0 Å². The highest BCUT2D eigenvalue weighted by Crippen LogP contribution is 2.22. The van der Waals surface area contributed by atoms with Crippen molar-refractivity contribution in [3.63, 3.8) is 0 Å². The summed E-state index contributed by atoms with van der Waals surface area (Å²) in [7, 11) is 0. The van der Waals surface area contributed by atoms with Crippen LogP contribution in [-0.4, -0.2) is 62.1 Å². The summed E-state index contributed by atoms with van der Waals surface area (Å²) in [6.45, 7) is 1.45. The van der Waals surface area contributed by atoms with Crippen molar-refractivity contribution in [2.75, 3.05) is 19.6 Å². The zero-order chi connectivity index (χ0) is 17.8. The molecule has 3 rings (SSSR count). The quantitative estimate of drug-likeness (QED) is 0.584. The number of β-amino-alcohol motifs (C(OH)–C–C–N with tert-alkyl or cyclic N) is 1. The Kier molecular flexibility index (Phi) is 5.62. The summed E-state index contributed by atoms with van der Waals surface area (Å²) < 4.78 is 1.90. The monoisotopic (exact) mass is 346 g/mol. The van der Waals surface area contributed by atoms with Crippen molar-refractivity contribution in [2.45, 2.75) is 37.8 Å². The maximum absolute atomic E-state index is 12.5. The molecule has 0 saturated carbocycles. The SMILES string of the molecule is NCCCC[C@H](N)C(=O)N1C[C@H](Cc2cn3ccnc3cn2)[C@H](O)C1. The summed E-state index contributed by atoms with van der Waals surface area (Å²) in [5, 5.41) is 10.3. The fourth-order valence-electron chi connectivity index (χ4n) is 3.34. The van der Waals surface area contributed by atoms with E-state index in [1.807, 2.05) is 16.8 Å². The van der Waals surface area contributed by atoms with E-state index in [2.05, 4.69) is 9.97 Å². The van der Waals surface area contributed by atoms with Crippen LogP contribution < -0.4 is 11.5 Å². The van der Waals surface area contributed by atoms with E-state index in [9.17, 15) is 9.90 Å². The third-order valence-corrected chi connectivity index (χ3v) is 4.81. The molecule has 1 amide bonds. The second-order valence-corrected chi connectivity index (χ2v) is 6.74. The molecule has 8 heteroatoms. The van der Waals surface area contributed by atoms with Crippen LogP contribution in [0.25, 0.3) is 5.65 Å². The summed E-state index contributed by atoms with van der Waals surface area (Å²) in [6.07, 6.45) is 9.62. The molecule has 0 bridgehead atoms. The molecule has 0 spiro atoms. The van der Waals surface area contributed by atoms with Crippen LogP contribution in [0.5, 0.6) is 0 Å². The summed E-state index contributed by atoms with van der Waals surface area (Å²) in [6, 6.07) is -0.516. The van der Waals surface area contributed by atoms with Crippen LogP contribution in [-0.2, 0) is 11.2 Å². The highest BCUT2D eigenvalue weighted by Gasteiger charge is 2.35. The number of rotatable bonds is 7. The van der Waals surface area contributed by atoms with Gasteiger partial charge in [0.1, 0.15) is 0 Å². The van der Waals surface area contributed by atoms with Gasteiger partial charge in [0.25, 0.3) is 0 Å². The molecule has 1 aliphatic heterocycles. The van der Waals surface area contributed by atoms with Crippen LogP contribution in [0.2, 0.25) is 0 Å². The largest absolute Gasteiger partial charge is 0.391 e. The molecule has 8 nitrogen and oxygen atoms in total. The highest BCUT2D eigenvalue weighted by atomic mass is 16.3. The number of unbranched alkanes of at least 4 members (excludes halogenated alkanes) is 1. The van der Waals surface area contributed by atoms with Gasteiger partial charge in [0.15, 0.2) is 5.65 Å². The minimum atomic E-state index is -0.555. The Labute approximate surface area is 146 Å². The third kappa shape index (κ3) is 4.15. The van der Waals surface area contributed by atoms with Crippen LogP contribution >= 0.6 is 0 Å². The van der Waals surface area contributed by atoms with E-state index in [-0.39, 0.29) is 11.8 Å². The number of aromatic nitrogens is 3. The normalized spacial score (nSPS) is 21.8. The Bertz CT molecular complexity index is 718. The van der Waals surface area contributed by atoms with Crippen LogP contribution in [0.4, 0.5) is 0 Å². The molecular formula is C17H26N6O2. The molecule has 1 aliphatic rings. The van der Waals surface area contributed by atoms with Crippen molar-refractivity contribution < 1.29 is 9.90 Å². The maximum Gasteiger partial charge on any atom is 0.239 e. The van der Waals surface area contributed by atoms with Crippen LogP contribution in [0.1, 0.15) is 25.0 Å². The van der Waals surface area contributed by atoms with Gasteiger partial charge in [0, 0.05) is 37.6 Å². The number of aliphatic hydroxyl groups is 1. The van der Waals surface area contributed by atoms with Crippen molar-refractivity contribution in [3.8, 4) is 0 Å². The number of nitrogens with two attached hydrogens (primary N) is 2. The first kappa shape index (κ1) is 17.8. The van der Waals surface area contributed by atoms with Gasteiger partial charge in [-0.1, -0.05) is 6.42 Å². The lowest BCUT2D eigenvalue weighted by Gasteiger charge is -2.20. The van der Waals surface area contributed by atoms with E-state index in [1.54, 1.807) is 17.3 Å². The molecular weight excluding hydrogens is 320 g/mol. The second kappa shape index (κ2) is 7.90. The van der Waals surface area contributed by atoms with Gasteiger partial charge in [-0.25, -0.2) is 4.98 Å². The number of carbonyl (C=O) groups is 1. The smallest absolute Gasteiger partial charge is 0.239 e. The Morgan fingerprint density at radius 3 is 3.00 bits per heavy atom. The summed E-state index contributed by atoms with van der Waals surface area (Å²) in [5.41, 5.74) is 13.1. The van der Waals surface area contributed by atoms with Gasteiger partial charge in [-0.3, -0.25) is 9.78 Å². The predicted octanol–water partition coefficient (Wildman–Crippen LogP) is -0.453. The third-order valence-electron chi connectivity index (χ3n) is 4.81. The van der Waals surface area contributed by atoms with Crippen LogP contribution in [0.3, 0.4) is 0 Å². The summed E-state index contributed by atoms with van der Waals surface area (Å²) in [5.74, 6) is -0.120. The number of imidazole rings is 1. The Hall–Kier alpha value is -2.03. The number of aliphatic hydroxyl groups excluding tert-OH is 1. The number of nitrogens with zero attached hydrogens (tertiary/aromatic N) is 4. The second-order valence-electron chi connectivity index (χ2n) is 6.74. The molecule has 0 aliphatic carbocycles. The molecule has 136 valence electrons. The summed E-state index contributed by atoms with van der Waals surface area (Å²) >= 11 is 0. The number of carbonyl (C=O) groups excluding carboxylic acids is 1. The topological polar surface area (TPSA) is 123 Å². The van der Waals surface area contributed by atoms with Gasteiger partial charge in [-0.15, -0.1) is 0 Å². The van der Waals surface area contributed by atoms with Crippen molar-refractivity contribution in [2.24, 2.45) is 17.4 Å². The lowest BCUT2D eigenvalue weighted by Crippen LogP contribution is -2.43. The Balaban J connectivity index is 1.58. The van der Waals surface area contributed by atoms with E-state index in [4.69, 9.17) is 11.5 Å². The fraction of sp³-hybridized carbons (Fsp3) is 0.588. The van der Waals surface area contributed by atoms with Gasteiger partial charge >= 0.3 is 0 Å². The molecule has 2 aromatic rings. The molecule has 0 radical (unpaired) electrons. The van der Waals surface area contributed by atoms with E-state index in [0.717, 1.165) is 24.2 Å². The van der Waals surface area contributed by atoms with E-state index >= 15 is 0 Å². The van der Waals surface area contributed by atoms with Crippen molar-refractivity contribution in [1.82, 2.24) is 19.3 Å². The minimum Gasteiger partial charge on any atom is -0.391 e. The highest BCUT2D eigenvalue weighted by molar-refractivity contribution is 5.82. The zero-order valence-electron chi connectivity index (χ0n) is 14.3. The average Bonchev–Trinajstić information content (AvgIpc) is 3.21. The van der Waals surface area contributed by atoms with Crippen LogP contribution in [0, 0.1) is 5.92 Å². The number of amides is 1. The number of fused-ring (bicyclic) bond motifs is 1. The number of hydrogen-bond donors (Lipinski definition) is 3. The molecule has 0 unspecified atom stereocenters. The molecule has 25 heavy (non-hydrogen) atoms. The zero-order valence-corrected chi connectivity index (χ0v) is 14.3. The van der Waals surface area contributed by atoms with Gasteiger partial charge in [0.2, 0.25) is 5.91 Å². The van der Waals surface area contributed by atoms with E-state index in [0.29, 0.717) is 32.5 Å². The molecule has 2 aromatic heterocycles. The molecule has 0 aromatic carbocycles. The fourth-order valence-corrected chi connectivity index (χ4v) is 3.34. The molecule has 1 saturated heterocycles. The van der Waals surface area contributed by atoms with E-state index in [1.165, 1.54) is 0 Å². The van der Waals surface area contributed by atoms with Gasteiger partial charge in [-0.2, -0.15) is 0 Å². The van der Waals surface area contributed by atoms with Crippen molar-refractivity contribution in [3.05, 3.63) is 30.5 Å². The van der Waals surface area contributed by atoms with Gasteiger partial charge in [-0.05, 0) is 25.8 Å². The lowest BCUT2D eigenvalue weighted by atomic mass is 10.0. The lowest BCUT2D eigenvalue weighted by molar-refractivity contribution is -0.132. The van der Waals surface area contributed by atoms with Crippen LogP contribution in [0.15, 0.2) is 24.8 Å². The first-order chi connectivity index (χ1) is 12.1. The first-order valence-corrected chi connectivity index (χ1v) is 8.78. The van der Waals surface area contributed by atoms with Crippen molar-refractivity contribution >= 4 is 11.6 Å². The standard InChI is InChI=1S/C17H26N6O2/c18-4-2-1-3-14(19)17(25)23-9-12(15(24)11-23)7-13-10-22-6-5-20-16(22)8-21-13/h5-6,8,10,12,14-15,24H,1-4,7,9,11,18-19H2/t12-,14-,15+/m0/s1. The predicted molar refractivity (Wildman–Crippen MR) is 93.6 cm³/mol. The van der Waals surface area contributed by atoms with Gasteiger partial charge < -0.3 is 25.9 Å². The van der Waals surface area contributed by atoms with E-state index < -0.39 is 12.1 Å². The van der Waals surface area contributed by atoms with Crippen molar-refractivity contribution in [1.29, 1.82) is 0 Å². The average molecular weight is 346 g/mol. The molecule has 5 N–H and O–H groups in total. The first-order valence-electron chi connectivity index (χ1n) is 8.78. The molecule has 3 heterocycles. The Morgan fingerprint density at radius 2 is 2.20 bits per heavy atom. The Morgan fingerprint density at radius 1 is 1.36 bits per heavy atom. The number of likely N-dealkylation sites (tertiary alicyclic amines) is 1. The number of hydrogen-bond acceptors (Lipinski definition) is 6. The minimum absolute atomic E-state index is 0.0336. The summed E-state index contributed by atoms with van der Waals surface area (Å²) in [4.78, 5) is 22.7. The molecule has 1 fully saturated rings. The maximum atomic E-state index is 12.5.